The van der Waals surface area contributed by atoms with Gasteiger partial charge in [0.25, 0.3) is 0 Å². The molecule has 0 radical (unpaired) electrons. The van der Waals surface area contributed by atoms with Crippen LogP contribution >= 0.6 is 0 Å². The number of nitrogens with zero attached hydrogens (tertiary/aromatic N) is 1. The Morgan fingerprint density at radius 2 is 1.16 bits per heavy atom. The molecule has 1 nitrogen and oxygen atoms in total. The molecule has 1 heteroatoms. The van der Waals surface area contributed by atoms with Crippen molar-refractivity contribution in [1.82, 2.24) is 4.90 Å². The van der Waals surface area contributed by atoms with Crippen LogP contribution in [-0.4, -0.2) is 24.5 Å². The minimum atomic E-state index is 0.969. The lowest BCUT2D eigenvalue weighted by Crippen LogP contribution is -2.33. The smallest absolute Gasteiger partial charge is 0.00162 e. The molecular weight excluding hydrogens is 302 g/mol. The monoisotopic (exact) mass is 349 g/mol. The number of piperidine rings is 1. The molecular formula is C24H47N. The normalized spacial score (nSPS) is 16.9. The Labute approximate surface area is 159 Å². The van der Waals surface area contributed by atoms with Crippen molar-refractivity contribution in [3.63, 3.8) is 0 Å². The van der Waals surface area contributed by atoms with Crippen LogP contribution in [0.4, 0.5) is 0 Å². The largest absolute Gasteiger partial charge is 0.303 e. The Kier molecular flexibility index (Phi) is 15.6. The van der Waals surface area contributed by atoms with E-state index in [4.69, 9.17) is 0 Å². The maximum Gasteiger partial charge on any atom is -0.00162 e. The predicted octanol–water partition coefficient (Wildman–Crippen LogP) is 7.76. The molecule has 148 valence electrons. The van der Waals surface area contributed by atoms with Gasteiger partial charge in [-0.15, -0.1) is 0 Å². The van der Waals surface area contributed by atoms with Gasteiger partial charge in [-0.25, -0.2) is 0 Å². The molecule has 0 amide bonds. The van der Waals surface area contributed by atoms with E-state index in [9.17, 15) is 0 Å². The highest BCUT2D eigenvalue weighted by Gasteiger charge is 2.14. The fourth-order valence-electron chi connectivity index (χ4n) is 3.87. The van der Waals surface area contributed by atoms with Crippen LogP contribution in [0, 0.1) is 5.92 Å². The fourth-order valence-corrected chi connectivity index (χ4v) is 3.87. The molecule has 0 atom stereocenters. The van der Waals surface area contributed by atoms with Crippen molar-refractivity contribution in [2.45, 2.75) is 117 Å². The molecule has 25 heavy (non-hydrogen) atoms. The maximum atomic E-state index is 2.69. The molecule has 0 bridgehead atoms. The van der Waals surface area contributed by atoms with Gasteiger partial charge < -0.3 is 4.90 Å². The van der Waals surface area contributed by atoms with Gasteiger partial charge in [0.15, 0.2) is 0 Å². The number of hydrogen-bond acceptors (Lipinski definition) is 1. The van der Waals surface area contributed by atoms with Crippen LogP contribution in [0.2, 0.25) is 0 Å². The molecule has 1 rings (SSSR count). The summed E-state index contributed by atoms with van der Waals surface area (Å²) in [6, 6.07) is 0. The fraction of sp³-hybridized carbons (Fsp3) is 0.917. The summed E-state index contributed by atoms with van der Waals surface area (Å²) < 4.78 is 0. The first-order valence-electron chi connectivity index (χ1n) is 11.7. The third-order valence-electron chi connectivity index (χ3n) is 5.86. The first kappa shape index (κ1) is 22.7. The summed E-state index contributed by atoms with van der Waals surface area (Å²) in [5, 5.41) is 0. The molecule has 0 unspecified atom stereocenters. The molecule has 0 aromatic heterocycles. The summed E-state index contributed by atoms with van der Waals surface area (Å²) in [6.45, 7) is 8.76. The van der Waals surface area contributed by atoms with Crippen molar-refractivity contribution in [3.05, 3.63) is 12.2 Å². The summed E-state index contributed by atoms with van der Waals surface area (Å²) in [7, 11) is 0. The van der Waals surface area contributed by atoms with Crippen LogP contribution in [-0.2, 0) is 0 Å². The van der Waals surface area contributed by atoms with Crippen molar-refractivity contribution >= 4 is 0 Å². The quantitative estimate of drug-likeness (QED) is 0.203. The van der Waals surface area contributed by atoms with Gasteiger partial charge >= 0.3 is 0 Å². The van der Waals surface area contributed by atoms with Crippen LogP contribution in [0.1, 0.15) is 117 Å². The van der Waals surface area contributed by atoms with Crippen LogP contribution in [0.3, 0.4) is 0 Å². The Balaban J connectivity index is 1.73. The molecule has 1 saturated heterocycles. The number of hydrogen-bond donors (Lipinski definition) is 0. The third-order valence-corrected chi connectivity index (χ3v) is 5.86. The minimum absolute atomic E-state index is 0.969. The third kappa shape index (κ3) is 14.5. The van der Waals surface area contributed by atoms with Gasteiger partial charge in [-0.2, -0.15) is 0 Å². The van der Waals surface area contributed by atoms with Gasteiger partial charge in [-0.1, -0.05) is 83.8 Å². The van der Waals surface area contributed by atoms with Crippen LogP contribution in [0.5, 0.6) is 0 Å². The zero-order valence-corrected chi connectivity index (χ0v) is 17.6. The van der Waals surface area contributed by atoms with E-state index in [1.54, 1.807) is 0 Å². The zero-order chi connectivity index (χ0) is 18.0. The van der Waals surface area contributed by atoms with Crippen molar-refractivity contribution in [1.29, 1.82) is 0 Å². The van der Waals surface area contributed by atoms with E-state index < -0.39 is 0 Å². The SMILES string of the molecule is CCCCCCCC/C=C\CCCCCCCCN1CCC(C)CC1. The van der Waals surface area contributed by atoms with E-state index in [1.165, 1.54) is 122 Å². The van der Waals surface area contributed by atoms with Gasteiger partial charge in [0.2, 0.25) is 0 Å². The second-order valence-electron chi connectivity index (χ2n) is 8.46. The van der Waals surface area contributed by atoms with Crippen LogP contribution in [0.15, 0.2) is 12.2 Å². The minimum Gasteiger partial charge on any atom is -0.303 e. The Bertz CT molecular complexity index is 288. The predicted molar refractivity (Wildman–Crippen MR) is 114 cm³/mol. The summed E-state index contributed by atoms with van der Waals surface area (Å²) in [4.78, 5) is 2.69. The topological polar surface area (TPSA) is 3.24 Å². The van der Waals surface area contributed by atoms with Crippen molar-refractivity contribution in [3.8, 4) is 0 Å². The molecule has 0 aromatic carbocycles. The van der Waals surface area contributed by atoms with Crippen molar-refractivity contribution in [2.75, 3.05) is 19.6 Å². The molecule has 1 fully saturated rings. The second kappa shape index (κ2) is 17.1. The summed E-state index contributed by atoms with van der Waals surface area (Å²) in [5.41, 5.74) is 0. The zero-order valence-electron chi connectivity index (χ0n) is 17.6. The highest BCUT2D eigenvalue weighted by Crippen LogP contribution is 2.17. The molecule has 1 heterocycles. The lowest BCUT2D eigenvalue weighted by Gasteiger charge is -2.30. The van der Waals surface area contributed by atoms with Gasteiger partial charge in [0.05, 0.1) is 0 Å². The molecule has 1 aliphatic heterocycles. The van der Waals surface area contributed by atoms with Crippen molar-refractivity contribution in [2.24, 2.45) is 5.92 Å². The number of likely N-dealkylation sites (tertiary alicyclic amines) is 1. The summed E-state index contributed by atoms with van der Waals surface area (Å²) in [5.74, 6) is 0.969. The first-order valence-corrected chi connectivity index (χ1v) is 11.7. The standard InChI is InChI=1S/C24H47N/c1-3-4-5-6-7-8-9-10-11-12-13-14-15-16-17-18-21-25-22-19-24(2)20-23-25/h10-11,24H,3-9,12-23H2,1-2H3/b11-10-. The highest BCUT2D eigenvalue weighted by molar-refractivity contribution is 4.81. The van der Waals surface area contributed by atoms with Gasteiger partial charge in [-0.05, 0) is 70.5 Å². The van der Waals surface area contributed by atoms with Crippen molar-refractivity contribution < 1.29 is 0 Å². The summed E-state index contributed by atoms with van der Waals surface area (Å²) in [6.07, 6.45) is 27.4. The van der Waals surface area contributed by atoms with E-state index in [0.717, 1.165) is 5.92 Å². The average Bonchev–Trinajstić information content (AvgIpc) is 2.63. The lowest BCUT2D eigenvalue weighted by atomic mass is 9.99. The summed E-state index contributed by atoms with van der Waals surface area (Å²) >= 11 is 0. The van der Waals surface area contributed by atoms with Crippen LogP contribution < -0.4 is 0 Å². The molecule has 0 saturated carbocycles. The molecule has 0 N–H and O–H groups in total. The maximum absolute atomic E-state index is 2.69. The second-order valence-corrected chi connectivity index (χ2v) is 8.46. The van der Waals surface area contributed by atoms with Gasteiger partial charge in [-0.3, -0.25) is 0 Å². The number of allylic oxidation sites excluding steroid dienone is 2. The Morgan fingerprint density at radius 3 is 1.72 bits per heavy atom. The highest BCUT2D eigenvalue weighted by atomic mass is 15.1. The van der Waals surface area contributed by atoms with E-state index >= 15 is 0 Å². The Morgan fingerprint density at radius 1 is 0.680 bits per heavy atom. The molecule has 0 aliphatic carbocycles. The molecule has 0 aromatic rings. The average molecular weight is 350 g/mol. The van der Waals surface area contributed by atoms with Gasteiger partial charge in [0.1, 0.15) is 0 Å². The number of rotatable bonds is 16. The first-order chi connectivity index (χ1) is 12.3. The van der Waals surface area contributed by atoms with E-state index in [2.05, 4.69) is 30.9 Å². The Hall–Kier alpha value is -0.300. The molecule has 1 aliphatic rings. The van der Waals surface area contributed by atoms with E-state index in [0.29, 0.717) is 0 Å². The lowest BCUT2D eigenvalue weighted by molar-refractivity contribution is 0.189. The van der Waals surface area contributed by atoms with E-state index in [1.807, 2.05) is 0 Å². The molecule has 0 spiro atoms. The van der Waals surface area contributed by atoms with Crippen LogP contribution in [0.25, 0.3) is 0 Å². The van der Waals surface area contributed by atoms with E-state index in [-0.39, 0.29) is 0 Å². The number of unbranched alkanes of at least 4 members (excludes halogenated alkanes) is 12. The van der Waals surface area contributed by atoms with Gasteiger partial charge in [0, 0.05) is 0 Å².